The van der Waals surface area contributed by atoms with E-state index < -0.39 is 5.54 Å². The number of carbonyl (C=O) groups excluding carboxylic acids is 1. The molecule has 4 nitrogen and oxygen atoms in total. The van der Waals surface area contributed by atoms with Crippen LogP contribution in [0.4, 0.5) is 0 Å². The molecule has 2 aliphatic rings. The first-order valence-electron chi connectivity index (χ1n) is 7.17. The summed E-state index contributed by atoms with van der Waals surface area (Å²) in [6.45, 7) is 3.49. The van der Waals surface area contributed by atoms with E-state index >= 15 is 0 Å². The summed E-state index contributed by atoms with van der Waals surface area (Å²) in [6.07, 6.45) is 2.13. The number of nitrogens with zero attached hydrogens (tertiary/aromatic N) is 1. The quantitative estimate of drug-likeness (QED) is 0.881. The summed E-state index contributed by atoms with van der Waals surface area (Å²) in [7, 11) is 0. The van der Waals surface area contributed by atoms with E-state index in [0.717, 1.165) is 44.6 Å². The standard InChI is InChI=1S/C15H20ClN3O/c16-13-5-3-12(4-6-13)15(14(17)20,11-1-2-11)19-9-7-18-8-10-19/h3-6,11,18H,1-2,7-10H2,(H2,17,20). The van der Waals surface area contributed by atoms with E-state index in [1.807, 2.05) is 24.3 Å². The number of halogens is 1. The summed E-state index contributed by atoms with van der Waals surface area (Å²) in [6, 6.07) is 7.60. The van der Waals surface area contributed by atoms with Crippen LogP contribution in [0.3, 0.4) is 0 Å². The predicted molar refractivity (Wildman–Crippen MR) is 79.5 cm³/mol. The third kappa shape index (κ3) is 2.22. The lowest BCUT2D eigenvalue weighted by atomic mass is 9.81. The Morgan fingerprint density at radius 1 is 1.25 bits per heavy atom. The molecule has 1 heterocycles. The molecule has 1 aliphatic heterocycles. The van der Waals surface area contributed by atoms with Crippen LogP contribution in [0.1, 0.15) is 18.4 Å². The van der Waals surface area contributed by atoms with E-state index in [-0.39, 0.29) is 5.91 Å². The molecule has 0 spiro atoms. The van der Waals surface area contributed by atoms with E-state index in [1.54, 1.807) is 0 Å². The molecule has 108 valence electrons. The molecule has 1 atom stereocenters. The largest absolute Gasteiger partial charge is 0.368 e. The van der Waals surface area contributed by atoms with Crippen molar-refractivity contribution in [2.75, 3.05) is 26.2 Å². The van der Waals surface area contributed by atoms with E-state index in [4.69, 9.17) is 17.3 Å². The summed E-state index contributed by atoms with van der Waals surface area (Å²) in [5, 5.41) is 4.01. The van der Waals surface area contributed by atoms with Gasteiger partial charge in [-0.1, -0.05) is 23.7 Å². The molecule has 0 bridgehead atoms. The van der Waals surface area contributed by atoms with Crippen LogP contribution in [-0.2, 0) is 10.3 Å². The van der Waals surface area contributed by atoms with Gasteiger partial charge in [0.2, 0.25) is 5.91 Å². The first-order valence-corrected chi connectivity index (χ1v) is 7.55. The zero-order chi connectivity index (χ0) is 14.2. The first-order chi connectivity index (χ1) is 9.65. The van der Waals surface area contributed by atoms with Gasteiger partial charge in [-0.05, 0) is 36.5 Å². The number of benzene rings is 1. The van der Waals surface area contributed by atoms with Crippen molar-refractivity contribution < 1.29 is 4.79 Å². The highest BCUT2D eigenvalue weighted by Crippen LogP contribution is 2.49. The van der Waals surface area contributed by atoms with Crippen LogP contribution in [0.25, 0.3) is 0 Å². The molecular formula is C15H20ClN3O. The Balaban J connectivity index is 2.05. The molecule has 0 radical (unpaired) electrons. The number of nitrogens with one attached hydrogen (secondary N) is 1. The third-order valence-corrected chi connectivity index (χ3v) is 4.70. The Bertz CT molecular complexity index is 494. The molecule has 1 unspecified atom stereocenters. The molecule has 2 fully saturated rings. The number of carbonyl (C=O) groups is 1. The number of hydrogen-bond acceptors (Lipinski definition) is 3. The molecule has 1 aliphatic carbocycles. The molecule has 1 saturated heterocycles. The molecule has 3 rings (SSSR count). The molecule has 5 heteroatoms. The zero-order valence-electron chi connectivity index (χ0n) is 11.4. The van der Waals surface area contributed by atoms with Crippen LogP contribution >= 0.6 is 11.6 Å². The molecule has 0 aromatic heterocycles. The van der Waals surface area contributed by atoms with Crippen molar-refractivity contribution in [3.05, 3.63) is 34.9 Å². The van der Waals surface area contributed by atoms with Gasteiger partial charge < -0.3 is 11.1 Å². The lowest BCUT2D eigenvalue weighted by Crippen LogP contribution is -2.61. The van der Waals surface area contributed by atoms with E-state index in [0.29, 0.717) is 10.9 Å². The lowest BCUT2D eigenvalue weighted by molar-refractivity contribution is -0.133. The second-order valence-electron chi connectivity index (χ2n) is 5.65. The van der Waals surface area contributed by atoms with Gasteiger partial charge in [0, 0.05) is 31.2 Å². The molecule has 1 amide bonds. The monoisotopic (exact) mass is 293 g/mol. The van der Waals surface area contributed by atoms with Gasteiger partial charge in [0.15, 0.2) is 0 Å². The van der Waals surface area contributed by atoms with Crippen LogP contribution in [-0.4, -0.2) is 37.0 Å². The SMILES string of the molecule is NC(=O)C(c1ccc(Cl)cc1)(C1CC1)N1CCNCC1. The Hall–Kier alpha value is -1.10. The maximum absolute atomic E-state index is 12.4. The van der Waals surface area contributed by atoms with Gasteiger partial charge in [-0.15, -0.1) is 0 Å². The van der Waals surface area contributed by atoms with Gasteiger partial charge in [-0.3, -0.25) is 9.69 Å². The smallest absolute Gasteiger partial charge is 0.242 e. The molecule has 1 aromatic rings. The summed E-state index contributed by atoms with van der Waals surface area (Å²) >= 11 is 5.98. The molecule has 1 aromatic carbocycles. The summed E-state index contributed by atoms with van der Waals surface area (Å²) in [5.74, 6) is 0.100. The van der Waals surface area contributed by atoms with Gasteiger partial charge in [0.25, 0.3) is 0 Å². The third-order valence-electron chi connectivity index (χ3n) is 4.44. The Morgan fingerprint density at radius 3 is 2.35 bits per heavy atom. The number of primary amides is 1. The number of hydrogen-bond donors (Lipinski definition) is 2. The van der Waals surface area contributed by atoms with Crippen LogP contribution in [0.15, 0.2) is 24.3 Å². The van der Waals surface area contributed by atoms with Gasteiger partial charge in [-0.25, -0.2) is 0 Å². The molecule has 3 N–H and O–H groups in total. The maximum atomic E-state index is 12.4. The maximum Gasteiger partial charge on any atom is 0.242 e. The van der Waals surface area contributed by atoms with E-state index in [9.17, 15) is 4.79 Å². The highest BCUT2D eigenvalue weighted by molar-refractivity contribution is 6.30. The number of amides is 1. The van der Waals surface area contributed by atoms with Crippen molar-refractivity contribution in [1.82, 2.24) is 10.2 Å². The van der Waals surface area contributed by atoms with Crippen LogP contribution < -0.4 is 11.1 Å². The second-order valence-corrected chi connectivity index (χ2v) is 6.09. The average Bonchev–Trinajstić information content (AvgIpc) is 3.27. The zero-order valence-corrected chi connectivity index (χ0v) is 12.2. The summed E-state index contributed by atoms with van der Waals surface area (Å²) in [4.78, 5) is 14.7. The normalized spacial score (nSPS) is 23.2. The lowest BCUT2D eigenvalue weighted by Gasteiger charge is -2.44. The van der Waals surface area contributed by atoms with Crippen LogP contribution in [0.2, 0.25) is 5.02 Å². The average molecular weight is 294 g/mol. The van der Waals surface area contributed by atoms with Crippen molar-refractivity contribution in [3.63, 3.8) is 0 Å². The predicted octanol–water partition coefficient (Wildman–Crippen LogP) is 1.34. The van der Waals surface area contributed by atoms with Crippen molar-refractivity contribution in [2.45, 2.75) is 18.4 Å². The Kier molecular flexibility index (Phi) is 3.71. The van der Waals surface area contributed by atoms with Crippen molar-refractivity contribution in [3.8, 4) is 0 Å². The molecule has 1 saturated carbocycles. The summed E-state index contributed by atoms with van der Waals surface area (Å²) < 4.78 is 0. The minimum absolute atomic E-state index is 0.232. The molecular weight excluding hydrogens is 274 g/mol. The Morgan fingerprint density at radius 2 is 1.85 bits per heavy atom. The summed E-state index contributed by atoms with van der Waals surface area (Å²) in [5.41, 5.74) is 6.20. The van der Waals surface area contributed by atoms with Gasteiger partial charge in [0.05, 0.1) is 0 Å². The van der Waals surface area contributed by atoms with Gasteiger partial charge >= 0.3 is 0 Å². The highest BCUT2D eigenvalue weighted by atomic mass is 35.5. The van der Waals surface area contributed by atoms with E-state index in [2.05, 4.69) is 10.2 Å². The minimum Gasteiger partial charge on any atom is -0.368 e. The fraction of sp³-hybridized carbons (Fsp3) is 0.533. The Labute approximate surface area is 124 Å². The number of nitrogens with two attached hydrogens (primary N) is 1. The fourth-order valence-corrected chi connectivity index (χ4v) is 3.52. The number of piperazine rings is 1. The first kappa shape index (κ1) is 13.9. The minimum atomic E-state index is -0.660. The van der Waals surface area contributed by atoms with Crippen molar-refractivity contribution in [1.29, 1.82) is 0 Å². The van der Waals surface area contributed by atoms with Gasteiger partial charge in [-0.2, -0.15) is 0 Å². The topological polar surface area (TPSA) is 58.4 Å². The van der Waals surface area contributed by atoms with Crippen molar-refractivity contribution >= 4 is 17.5 Å². The highest BCUT2D eigenvalue weighted by Gasteiger charge is 2.54. The van der Waals surface area contributed by atoms with E-state index in [1.165, 1.54) is 0 Å². The van der Waals surface area contributed by atoms with Gasteiger partial charge in [0.1, 0.15) is 5.54 Å². The number of rotatable bonds is 4. The second kappa shape index (κ2) is 5.35. The fourth-order valence-electron chi connectivity index (χ4n) is 3.40. The molecule has 20 heavy (non-hydrogen) atoms. The van der Waals surface area contributed by atoms with Crippen molar-refractivity contribution in [2.24, 2.45) is 11.7 Å². The van der Waals surface area contributed by atoms with Crippen LogP contribution in [0.5, 0.6) is 0 Å². The van der Waals surface area contributed by atoms with Crippen LogP contribution in [0, 0.1) is 5.92 Å².